The zero-order valence-electron chi connectivity index (χ0n) is 12.1. The first kappa shape index (κ1) is 15.0. The molecular formula is C14H20N2O3S. The van der Waals surface area contributed by atoms with E-state index in [4.69, 9.17) is 5.14 Å². The van der Waals surface area contributed by atoms with E-state index >= 15 is 0 Å². The van der Waals surface area contributed by atoms with Crippen LogP contribution in [0.5, 0.6) is 0 Å². The normalized spacial score (nSPS) is 15.7. The predicted octanol–water partition coefficient (Wildman–Crippen LogP) is 1.50. The Balaban J connectivity index is 2.62. The third-order valence-corrected chi connectivity index (χ3v) is 4.99. The average Bonchev–Trinajstić information content (AvgIpc) is 2.78. The second-order valence-corrected chi connectivity index (χ2v) is 6.88. The van der Waals surface area contributed by atoms with Crippen LogP contribution < -0.4 is 5.14 Å². The number of amides is 1. The molecule has 2 N–H and O–H groups in total. The van der Waals surface area contributed by atoms with E-state index in [0.29, 0.717) is 16.7 Å². The highest BCUT2D eigenvalue weighted by molar-refractivity contribution is 7.89. The van der Waals surface area contributed by atoms with E-state index in [2.05, 4.69) is 0 Å². The monoisotopic (exact) mass is 296 g/mol. The standard InChI is InChI=1S/C14H20N2O3S/c1-9-8-10(2)13(20(15,18)19)11(3)12(9)14(17)16-6-4-5-7-16/h8H,4-7H2,1-3H3,(H2,15,18,19). The van der Waals surface area contributed by atoms with E-state index in [-0.39, 0.29) is 10.8 Å². The fourth-order valence-corrected chi connectivity index (χ4v) is 4.05. The van der Waals surface area contributed by atoms with Gasteiger partial charge in [-0.3, -0.25) is 4.79 Å². The van der Waals surface area contributed by atoms with Gasteiger partial charge in [0, 0.05) is 18.7 Å². The number of carbonyl (C=O) groups excluding carboxylic acids is 1. The Morgan fingerprint density at radius 1 is 1.15 bits per heavy atom. The van der Waals surface area contributed by atoms with Crippen molar-refractivity contribution in [2.75, 3.05) is 13.1 Å². The minimum atomic E-state index is -3.83. The molecule has 0 atom stereocenters. The van der Waals surface area contributed by atoms with Crippen molar-refractivity contribution in [3.8, 4) is 0 Å². The van der Waals surface area contributed by atoms with E-state index in [1.165, 1.54) is 0 Å². The second-order valence-electron chi connectivity index (χ2n) is 5.38. The van der Waals surface area contributed by atoms with Crippen LogP contribution >= 0.6 is 0 Å². The van der Waals surface area contributed by atoms with E-state index in [9.17, 15) is 13.2 Å². The van der Waals surface area contributed by atoms with Crippen molar-refractivity contribution >= 4 is 15.9 Å². The Bertz CT molecular complexity index is 659. The topological polar surface area (TPSA) is 80.5 Å². The summed E-state index contributed by atoms with van der Waals surface area (Å²) >= 11 is 0. The summed E-state index contributed by atoms with van der Waals surface area (Å²) in [6.07, 6.45) is 2.00. The quantitative estimate of drug-likeness (QED) is 0.898. The number of nitrogens with two attached hydrogens (primary N) is 1. The maximum absolute atomic E-state index is 12.6. The van der Waals surface area contributed by atoms with Crippen molar-refractivity contribution in [1.82, 2.24) is 4.90 Å². The molecule has 0 aliphatic carbocycles. The largest absolute Gasteiger partial charge is 0.339 e. The Morgan fingerprint density at radius 2 is 1.70 bits per heavy atom. The zero-order valence-corrected chi connectivity index (χ0v) is 12.9. The summed E-state index contributed by atoms with van der Waals surface area (Å²) in [5, 5.41) is 5.28. The van der Waals surface area contributed by atoms with Crippen LogP contribution in [0.4, 0.5) is 0 Å². The minimum absolute atomic E-state index is 0.0747. The van der Waals surface area contributed by atoms with Crippen LogP contribution in [0.25, 0.3) is 0 Å². The highest BCUT2D eigenvalue weighted by Gasteiger charge is 2.27. The molecule has 0 spiro atoms. The molecule has 1 heterocycles. The van der Waals surface area contributed by atoms with Gasteiger partial charge in [0.05, 0.1) is 4.90 Å². The van der Waals surface area contributed by atoms with Crippen LogP contribution in [-0.4, -0.2) is 32.3 Å². The maximum Gasteiger partial charge on any atom is 0.254 e. The molecule has 0 bridgehead atoms. The van der Waals surface area contributed by atoms with Gasteiger partial charge in [0.2, 0.25) is 10.0 Å². The third kappa shape index (κ3) is 2.58. The lowest BCUT2D eigenvalue weighted by molar-refractivity contribution is 0.0791. The summed E-state index contributed by atoms with van der Waals surface area (Å²) in [5.74, 6) is -0.0950. The zero-order chi connectivity index (χ0) is 15.1. The SMILES string of the molecule is Cc1cc(C)c(S(N)(=O)=O)c(C)c1C(=O)N1CCCC1. The molecule has 1 amide bonds. The van der Waals surface area contributed by atoms with E-state index in [0.717, 1.165) is 31.5 Å². The Hall–Kier alpha value is -1.40. The van der Waals surface area contributed by atoms with E-state index < -0.39 is 10.0 Å². The summed E-state index contributed by atoms with van der Waals surface area (Å²) < 4.78 is 23.5. The van der Waals surface area contributed by atoms with Gasteiger partial charge in [0.1, 0.15) is 0 Å². The van der Waals surface area contributed by atoms with Crippen LogP contribution in [0.1, 0.15) is 39.9 Å². The molecule has 110 valence electrons. The highest BCUT2D eigenvalue weighted by Crippen LogP contribution is 2.27. The van der Waals surface area contributed by atoms with E-state index in [1.807, 2.05) is 6.92 Å². The number of nitrogens with zero attached hydrogens (tertiary/aromatic N) is 1. The number of hydrogen-bond donors (Lipinski definition) is 1. The van der Waals surface area contributed by atoms with Crippen molar-refractivity contribution < 1.29 is 13.2 Å². The number of hydrogen-bond acceptors (Lipinski definition) is 3. The number of sulfonamides is 1. The maximum atomic E-state index is 12.6. The van der Waals surface area contributed by atoms with Crippen molar-refractivity contribution in [3.05, 3.63) is 28.3 Å². The molecule has 5 nitrogen and oxygen atoms in total. The first-order valence-corrected chi connectivity index (χ1v) is 8.21. The average molecular weight is 296 g/mol. The first-order chi connectivity index (χ1) is 9.23. The number of carbonyl (C=O) groups is 1. The Morgan fingerprint density at radius 3 is 2.20 bits per heavy atom. The van der Waals surface area contributed by atoms with Crippen LogP contribution in [0, 0.1) is 20.8 Å². The summed E-state index contributed by atoms with van der Waals surface area (Å²) in [7, 11) is -3.83. The van der Waals surface area contributed by atoms with Gasteiger partial charge >= 0.3 is 0 Å². The molecule has 6 heteroatoms. The summed E-state index contributed by atoms with van der Waals surface area (Å²) in [6, 6.07) is 1.72. The van der Waals surface area contributed by atoms with Crippen LogP contribution in [0.3, 0.4) is 0 Å². The predicted molar refractivity (Wildman–Crippen MR) is 77.2 cm³/mol. The lowest BCUT2D eigenvalue weighted by atomic mass is 9.98. The van der Waals surface area contributed by atoms with Crippen LogP contribution in [0.2, 0.25) is 0 Å². The van der Waals surface area contributed by atoms with Gasteiger partial charge in [-0.15, -0.1) is 0 Å². The smallest absolute Gasteiger partial charge is 0.254 e. The molecule has 1 fully saturated rings. The molecule has 2 rings (SSSR count). The number of primary sulfonamides is 1. The number of rotatable bonds is 2. The van der Waals surface area contributed by atoms with Crippen molar-refractivity contribution in [2.24, 2.45) is 5.14 Å². The second kappa shape index (κ2) is 5.18. The van der Waals surface area contributed by atoms with Crippen molar-refractivity contribution in [1.29, 1.82) is 0 Å². The summed E-state index contributed by atoms with van der Waals surface area (Å²) in [4.78, 5) is 14.4. The molecule has 1 aliphatic rings. The number of likely N-dealkylation sites (tertiary alicyclic amines) is 1. The Labute approximate surface area is 119 Å². The van der Waals surface area contributed by atoms with Crippen molar-refractivity contribution in [2.45, 2.75) is 38.5 Å². The molecule has 1 saturated heterocycles. The van der Waals surface area contributed by atoms with Gasteiger partial charge in [-0.25, -0.2) is 13.6 Å². The fraction of sp³-hybridized carbons (Fsp3) is 0.500. The minimum Gasteiger partial charge on any atom is -0.339 e. The number of benzene rings is 1. The summed E-state index contributed by atoms with van der Waals surface area (Å²) in [6.45, 7) is 6.65. The van der Waals surface area contributed by atoms with Gasteiger partial charge in [0.25, 0.3) is 5.91 Å². The molecular weight excluding hydrogens is 276 g/mol. The molecule has 1 aliphatic heterocycles. The molecule has 0 aromatic heterocycles. The lowest BCUT2D eigenvalue weighted by Crippen LogP contribution is -2.30. The van der Waals surface area contributed by atoms with Crippen LogP contribution in [0.15, 0.2) is 11.0 Å². The third-order valence-electron chi connectivity index (χ3n) is 3.79. The lowest BCUT2D eigenvalue weighted by Gasteiger charge is -2.20. The van der Waals surface area contributed by atoms with E-state index in [1.54, 1.807) is 24.8 Å². The number of aryl methyl sites for hydroxylation is 2. The van der Waals surface area contributed by atoms with Gasteiger partial charge in [-0.1, -0.05) is 6.07 Å². The molecule has 1 aromatic rings. The summed E-state index contributed by atoms with van der Waals surface area (Å²) in [5.41, 5.74) is 2.31. The fourth-order valence-electron chi connectivity index (χ4n) is 3.01. The highest BCUT2D eigenvalue weighted by atomic mass is 32.2. The molecule has 0 unspecified atom stereocenters. The van der Waals surface area contributed by atoms with Gasteiger partial charge in [-0.2, -0.15) is 0 Å². The van der Waals surface area contributed by atoms with Gasteiger partial charge in [0.15, 0.2) is 0 Å². The van der Waals surface area contributed by atoms with Crippen molar-refractivity contribution in [3.63, 3.8) is 0 Å². The molecule has 0 saturated carbocycles. The van der Waals surface area contributed by atoms with Crippen LogP contribution in [-0.2, 0) is 10.0 Å². The Kier molecular flexibility index (Phi) is 3.88. The van der Waals surface area contributed by atoms with Gasteiger partial charge in [-0.05, 0) is 50.3 Å². The molecule has 20 heavy (non-hydrogen) atoms. The first-order valence-electron chi connectivity index (χ1n) is 6.66. The molecule has 1 aromatic carbocycles. The molecule has 0 radical (unpaired) electrons. The van der Waals surface area contributed by atoms with Gasteiger partial charge < -0.3 is 4.90 Å².